The van der Waals surface area contributed by atoms with E-state index in [-0.39, 0.29) is 5.41 Å². The number of aromatic nitrogens is 2. The summed E-state index contributed by atoms with van der Waals surface area (Å²) < 4.78 is 5.73. The minimum atomic E-state index is -0.107. The molecule has 0 saturated carbocycles. The molecule has 0 unspecified atom stereocenters. The molecule has 0 spiro atoms. The number of rotatable bonds is 1. The van der Waals surface area contributed by atoms with Gasteiger partial charge in [0.15, 0.2) is 0 Å². The first-order valence-corrected chi connectivity index (χ1v) is 5.79. The Hall–Kier alpha value is -1.64. The van der Waals surface area contributed by atoms with Gasteiger partial charge in [0, 0.05) is 11.0 Å². The van der Waals surface area contributed by atoms with Gasteiger partial charge in [-0.1, -0.05) is 38.5 Å². The van der Waals surface area contributed by atoms with E-state index >= 15 is 0 Å². The lowest BCUT2D eigenvalue weighted by Gasteiger charge is -2.11. The SMILES string of the molecule is Cc1ccc(-c2nnc(C(C)(C)C)o2)c(C)c1. The molecule has 0 saturated heterocycles. The van der Waals surface area contributed by atoms with Crippen LogP contribution in [0.5, 0.6) is 0 Å². The first kappa shape index (κ1) is 11.8. The van der Waals surface area contributed by atoms with E-state index in [0.29, 0.717) is 11.8 Å². The highest BCUT2D eigenvalue weighted by Gasteiger charge is 2.22. The molecule has 0 bridgehead atoms. The average Bonchev–Trinajstić information content (AvgIpc) is 2.65. The van der Waals surface area contributed by atoms with Crippen LogP contribution in [0.15, 0.2) is 22.6 Å². The molecule has 0 N–H and O–H groups in total. The van der Waals surface area contributed by atoms with Crippen LogP contribution in [-0.4, -0.2) is 10.2 Å². The maximum absolute atomic E-state index is 5.73. The van der Waals surface area contributed by atoms with Gasteiger partial charge < -0.3 is 4.42 Å². The van der Waals surface area contributed by atoms with Crippen LogP contribution in [0.2, 0.25) is 0 Å². The van der Waals surface area contributed by atoms with Gasteiger partial charge in [-0.3, -0.25) is 0 Å². The van der Waals surface area contributed by atoms with Crippen LogP contribution < -0.4 is 0 Å². The predicted molar refractivity (Wildman–Crippen MR) is 67.9 cm³/mol. The van der Waals surface area contributed by atoms with Crippen LogP contribution in [0, 0.1) is 13.8 Å². The van der Waals surface area contributed by atoms with Crippen LogP contribution in [0.1, 0.15) is 37.8 Å². The molecule has 90 valence electrons. The zero-order chi connectivity index (χ0) is 12.6. The Morgan fingerprint density at radius 1 is 1.06 bits per heavy atom. The summed E-state index contributed by atoms with van der Waals surface area (Å²) in [7, 11) is 0. The van der Waals surface area contributed by atoms with Gasteiger partial charge >= 0.3 is 0 Å². The molecule has 3 nitrogen and oxygen atoms in total. The van der Waals surface area contributed by atoms with Crippen LogP contribution in [-0.2, 0) is 5.41 Å². The predicted octanol–water partition coefficient (Wildman–Crippen LogP) is 3.65. The molecule has 0 aliphatic heterocycles. The van der Waals surface area contributed by atoms with Crippen molar-refractivity contribution in [3.05, 3.63) is 35.2 Å². The van der Waals surface area contributed by atoms with Crippen molar-refractivity contribution >= 4 is 0 Å². The fourth-order valence-corrected chi connectivity index (χ4v) is 1.69. The highest BCUT2D eigenvalue weighted by atomic mass is 16.4. The molecule has 2 rings (SSSR count). The molecular formula is C14H18N2O. The molecule has 0 amide bonds. The summed E-state index contributed by atoms with van der Waals surface area (Å²) >= 11 is 0. The summed E-state index contributed by atoms with van der Waals surface area (Å²) in [4.78, 5) is 0. The fraction of sp³-hybridized carbons (Fsp3) is 0.429. The molecule has 1 aromatic heterocycles. The Kier molecular flexibility index (Phi) is 2.77. The molecule has 0 atom stereocenters. The Morgan fingerprint density at radius 2 is 1.76 bits per heavy atom. The minimum Gasteiger partial charge on any atom is -0.420 e. The van der Waals surface area contributed by atoms with Crippen molar-refractivity contribution in [1.29, 1.82) is 0 Å². The largest absolute Gasteiger partial charge is 0.420 e. The second-order valence-electron chi connectivity index (χ2n) is 5.48. The summed E-state index contributed by atoms with van der Waals surface area (Å²) in [5.74, 6) is 1.28. The van der Waals surface area contributed by atoms with Gasteiger partial charge in [-0.15, -0.1) is 10.2 Å². The average molecular weight is 230 g/mol. The first-order valence-electron chi connectivity index (χ1n) is 5.79. The van der Waals surface area contributed by atoms with Crippen molar-refractivity contribution in [2.75, 3.05) is 0 Å². The molecule has 0 fully saturated rings. The first-order chi connectivity index (χ1) is 7.88. The Balaban J connectivity index is 2.44. The van der Waals surface area contributed by atoms with Crippen molar-refractivity contribution in [2.24, 2.45) is 0 Å². The quantitative estimate of drug-likeness (QED) is 0.750. The lowest BCUT2D eigenvalue weighted by atomic mass is 9.97. The van der Waals surface area contributed by atoms with Crippen LogP contribution in [0.25, 0.3) is 11.5 Å². The Morgan fingerprint density at radius 3 is 2.29 bits per heavy atom. The maximum atomic E-state index is 5.73. The van der Waals surface area contributed by atoms with Crippen LogP contribution in [0.3, 0.4) is 0 Å². The highest BCUT2D eigenvalue weighted by molar-refractivity contribution is 5.58. The van der Waals surface area contributed by atoms with Gasteiger partial charge in [0.05, 0.1) is 0 Å². The van der Waals surface area contributed by atoms with Crippen molar-refractivity contribution in [3.8, 4) is 11.5 Å². The number of hydrogen-bond donors (Lipinski definition) is 0. The molecule has 3 heteroatoms. The molecule has 0 aliphatic carbocycles. The summed E-state index contributed by atoms with van der Waals surface area (Å²) in [5.41, 5.74) is 3.30. The Bertz CT molecular complexity index is 535. The second kappa shape index (κ2) is 3.99. The van der Waals surface area contributed by atoms with Crippen LogP contribution >= 0.6 is 0 Å². The highest BCUT2D eigenvalue weighted by Crippen LogP contribution is 2.27. The van der Waals surface area contributed by atoms with Gasteiger partial charge in [-0.05, 0) is 25.5 Å². The molecule has 17 heavy (non-hydrogen) atoms. The molecule has 1 heterocycles. The van der Waals surface area contributed by atoms with E-state index in [1.165, 1.54) is 5.56 Å². The molecule has 0 radical (unpaired) electrons. The molecular weight excluding hydrogens is 212 g/mol. The number of benzene rings is 1. The lowest BCUT2D eigenvalue weighted by molar-refractivity contribution is 0.399. The smallest absolute Gasteiger partial charge is 0.248 e. The van der Waals surface area contributed by atoms with Gasteiger partial charge in [0.1, 0.15) is 0 Å². The van der Waals surface area contributed by atoms with E-state index in [9.17, 15) is 0 Å². The fourth-order valence-electron chi connectivity index (χ4n) is 1.69. The number of nitrogens with zero attached hydrogens (tertiary/aromatic N) is 2. The third-order valence-electron chi connectivity index (χ3n) is 2.68. The summed E-state index contributed by atoms with van der Waals surface area (Å²) in [6.07, 6.45) is 0. The van der Waals surface area contributed by atoms with E-state index in [4.69, 9.17) is 4.42 Å². The van der Waals surface area contributed by atoms with Gasteiger partial charge in [0.25, 0.3) is 0 Å². The standard InChI is InChI=1S/C14H18N2O/c1-9-6-7-11(10(2)8-9)12-15-16-13(17-12)14(3,4)5/h6-8H,1-5H3. The van der Waals surface area contributed by atoms with Crippen LogP contribution in [0.4, 0.5) is 0 Å². The molecule has 0 aliphatic rings. The van der Waals surface area contributed by atoms with Crippen molar-refractivity contribution in [2.45, 2.75) is 40.0 Å². The summed E-state index contributed by atoms with van der Waals surface area (Å²) in [6.45, 7) is 10.3. The monoisotopic (exact) mass is 230 g/mol. The second-order valence-corrected chi connectivity index (χ2v) is 5.48. The number of aryl methyl sites for hydroxylation is 2. The van der Waals surface area contributed by atoms with Crippen molar-refractivity contribution in [3.63, 3.8) is 0 Å². The summed E-state index contributed by atoms with van der Waals surface area (Å²) in [6, 6.07) is 6.21. The van der Waals surface area contributed by atoms with Gasteiger partial charge in [0.2, 0.25) is 11.8 Å². The zero-order valence-corrected chi connectivity index (χ0v) is 11.0. The topological polar surface area (TPSA) is 38.9 Å². The van der Waals surface area contributed by atoms with E-state index in [1.54, 1.807) is 0 Å². The van der Waals surface area contributed by atoms with E-state index in [0.717, 1.165) is 11.1 Å². The van der Waals surface area contributed by atoms with E-state index < -0.39 is 0 Å². The summed E-state index contributed by atoms with van der Waals surface area (Å²) in [5, 5.41) is 8.24. The van der Waals surface area contributed by atoms with Crippen molar-refractivity contribution in [1.82, 2.24) is 10.2 Å². The van der Waals surface area contributed by atoms with Gasteiger partial charge in [-0.25, -0.2) is 0 Å². The minimum absolute atomic E-state index is 0.107. The Labute approximate surface area is 102 Å². The zero-order valence-electron chi connectivity index (χ0n) is 11.0. The third kappa shape index (κ3) is 2.38. The van der Waals surface area contributed by atoms with Gasteiger partial charge in [-0.2, -0.15) is 0 Å². The third-order valence-corrected chi connectivity index (χ3v) is 2.68. The maximum Gasteiger partial charge on any atom is 0.248 e. The van der Waals surface area contributed by atoms with E-state index in [1.807, 2.05) is 6.07 Å². The number of hydrogen-bond acceptors (Lipinski definition) is 3. The van der Waals surface area contributed by atoms with Crippen molar-refractivity contribution < 1.29 is 4.42 Å². The lowest BCUT2D eigenvalue weighted by Crippen LogP contribution is -2.11. The van der Waals surface area contributed by atoms with E-state index in [2.05, 4.69) is 56.9 Å². The molecule has 1 aromatic carbocycles. The molecule has 2 aromatic rings. The normalized spacial score (nSPS) is 11.8.